The number of hydrogen-bond acceptors (Lipinski definition) is 5. The zero-order valence-electron chi connectivity index (χ0n) is 22.9. The molecule has 0 aliphatic rings. The summed E-state index contributed by atoms with van der Waals surface area (Å²) >= 11 is 0. The van der Waals surface area contributed by atoms with Gasteiger partial charge in [0, 0.05) is 30.2 Å². The Labute approximate surface area is 219 Å². The zero-order chi connectivity index (χ0) is 27.6. The maximum absolute atomic E-state index is 11.4. The van der Waals surface area contributed by atoms with E-state index in [0.29, 0.717) is 18.1 Å². The van der Waals surface area contributed by atoms with Crippen LogP contribution in [0.4, 0.5) is 0 Å². The van der Waals surface area contributed by atoms with E-state index in [1.807, 2.05) is 38.1 Å². The second-order valence-corrected chi connectivity index (χ2v) is 11.0. The third-order valence-electron chi connectivity index (χ3n) is 5.29. The molecule has 0 fully saturated rings. The Morgan fingerprint density at radius 2 is 1.67 bits per heavy atom. The van der Waals surface area contributed by atoms with Crippen molar-refractivity contribution in [2.45, 2.75) is 90.7 Å². The smallest absolute Gasteiger partial charge is 0.175 e. The van der Waals surface area contributed by atoms with E-state index in [9.17, 15) is 13.2 Å². The second kappa shape index (κ2) is 18.6. The van der Waals surface area contributed by atoms with E-state index in [4.69, 9.17) is 16.9 Å². The van der Waals surface area contributed by atoms with E-state index in [0.717, 1.165) is 43.2 Å². The molecule has 5 nitrogen and oxygen atoms in total. The predicted octanol–water partition coefficient (Wildman–Crippen LogP) is 6.58. The first kappa shape index (κ1) is 33.4. The number of ether oxygens (including phenoxy) is 1. The van der Waals surface area contributed by atoms with Gasteiger partial charge in [-0.25, -0.2) is 8.42 Å². The lowest BCUT2D eigenvalue weighted by atomic mass is 9.95. The summed E-state index contributed by atoms with van der Waals surface area (Å²) in [6.07, 6.45) is 12.4. The Bertz CT molecular complexity index is 1020. The van der Waals surface area contributed by atoms with Crippen LogP contribution in [0, 0.1) is 18.3 Å². The van der Waals surface area contributed by atoms with Crippen LogP contribution in [-0.2, 0) is 21.2 Å². The number of benzene rings is 2. The normalized spacial score (nSPS) is 12.1. The molecule has 0 saturated heterocycles. The van der Waals surface area contributed by atoms with Gasteiger partial charge in [-0.15, -0.1) is 6.42 Å². The van der Waals surface area contributed by atoms with Crippen LogP contribution in [0.25, 0.3) is 0 Å². The fraction of sp³-hybridized carbons (Fsp3) is 0.500. The van der Waals surface area contributed by atoms with Crippen LogP contribution >= 0.6 is 0 Å². The monoisotopic (exact) mass is 515 g/mol. The van der Waals surface area contributed by atoms with Gasteiger partial charge in [-0.05, 0) is 67.6 Å². The van der Waals surface area contributed by atoms with Crippen LogP contribution in [0.1, 0.15) is 84.3 Å². The molecule has 2 aromatic carbocycles. The molecular weight excluding hydrogens is 470 g/mol. The average Bonchev–Trinajstić information content (AvgIpc) is 2.86. The number of ketones is 1. The van der Waals surface area contributed by atoms with Gasteiger partial charge >= 0.3 is 0 Å². The van der Waals surface area contributed by atoms with Crippen molar-refractivity contribution in [1.29, 1.82) is 0 Å². The number of rotatable bonds is 11. The summed E-state index contributed by atoms with van der Waals surface area (Å²) in [5.74, 6) is 3.78. The number of Topliss-reactive ketones (excluding diaryl/α,β-unsaturated/α-hetero) is 1. The van der Waals surface area contributed by atoms with Crippen molar-refractivity contribution in [1.82, 2.24) is 0 Å². The van der Waals surface area contributed by atoms with Gasteiger partial charge in [-0.2, -0.15) is 0 Å². The molecular formula is C30H45NO4S. The molecule has 36 heavy (non-hydrogen) atoms. The molecule has 0 aromatic heterocycles. The number of carbonyl (C=O) groups is 1. The molecule has 0 unspecified atom stereocenters. The lowest BCUT2D eigenvalue weighted by molar-refractivity contribution is -0.122. The minimum absolute atomic E-state index is 0.206. The molecule has 2 rings (SSSR count). The minimum Gasteiger partial charge on any atom is -0.489 e. The summed E-state index contributed by atoms with van der Waals surface area (Å²) in [4.78, 5) is 11.7. The number of terminal acetylenes is 1. The summed E-state index contributed by atoms with van der Waals surface area (Å²) in [6, 6.07) is 14.1. The Hall–Kier alpha value is -2.62. The summed E-state index contributed by atoms with van der Waals surface area (Å²) in [7, 11) is -3.17. The number of nitrogens with two attached hydrogens (primary N) is 1. The fourth-order valence-electron chi connectivity index (χ4n) is 3.02. The Morgan fingerprint density at radius 1 is 1.06 bits per heavy atom. The number of sulfone groups is 1. The first-order chi connectivity index (χ1) is 17.0. The summed E-state index contributed by atoms with van der Waals surface area (Å²) in [5, 5.41) is 0. The fourth-order valence-corrected chi connectivity index (χ4v) is 3.65. The van der Waals surface area contributed by atoms with E-state index in [1.54, 1.807) is 12.1 Å². The lowest BCUT2D eigenvalue weighted by Gasteiger charge is -2.12. The minimum atomic E-state index is -3.17. The van der Waals surface area contributed by atoms with Gasteiger partial charge in [-0.1, -0.05) is 59.1 Å². The zero-order valence-corrected chi connectivity index (χ0v) is 23.7. The van der Waals surface area contributed by atoms with Gasteiger partial charge in [0.2, 0.25) is 0 Å². The Morgan fingerprint density at radius 3 is 2.17 bits per heavy atom. The van der Waals surface area contributed by atoms with E-state index < -0.39 is 9.84 Å². The highest BCUT2D eigenvalue weighted by molar-refractivity contribution is 7.90. The molecule has 200 valence electrons. The van der Waals surface area contributed by atoms with Crippen LogP contribution in [0.15, 0.2) is 53.4 Å². The van der Waals surface area contributed by atoms with Crippen LogP contribution < -0.4 is 10.5 Å². The largest absolute Gasteiger partial charge is 0.489 e. The predicted molar refractivity (Wildman–Crippen MR) is 151 cm³/mol. The molecule has 0 radical (unpaired) electrons. The van der Waals surface area contributed by atoms with Gasteiger partial charge in [-0.3, -0.25) is 4.79 Å². The van der Waals surface area contributed by atoms with Crippen molar-refractivity contribution in [3.8, 4) is 18.1 Å². The second-order valence-electron chi connectivity index (χ2n) is 8.95. The van der Waals surface area contributed by atoms with Gasteiger partial charge in [0.25, 0.3) is 0 Å². The molecule has 6 heteroatoms. The molecule has 0 amide bonds. The highest BCUT2D eigenvalue weighted by atomic mass is 32.2. The van der Waals surface area contributed by atoms with Gasteiger partial charge in [0.15, 0.2) is 9.84 Å². The van der Waals surface area contributed by atoms with E-state index in [1.165, 1.54) is 24.8 Å². The summed E-state index contributed by atoms with van der Waals surface area (Å²) in [6.45, 7) is 10.8. The molecule has 0 aliphatic carbocycles. The van der Waals surface area contributed by atoms with E-state index in [2.05, 4.69) is 26.7 Å². The maximum Gasteiger partial charge on any atom is 0.175 e. The topological polar surface area (TPSA) is 86.5 Å². The molecule has 2 aromatic rings. The van der Waals surface area contributed by atoms with Crippen molar-refractivity contribution >= 4 is 15.6 Å². The highest BCUT2D eigenvalue weighted by Gasteiger charge is 2.12. The molecule has 2 N–H and O–H groups in total. The molecule has 0 bridgehead atoms. The van der Waals surface area contributed by atoms with Crippen LogP contribution in [0.3, 0.4) is 0 Å². The Balaban J connectivity index is 0.000000663. The Kier molecular flexibility index (Phi) is 17.3. The van der Waals surface area contributed by atoms with Gasteiger partial charge < -0.3 is 10.5 Å². The third kappa shape index (κ3) is 14.7. The molecule has 0 saturated carbocycles. The molecule has 0 aliphatic heterocycles. The van der Waals surface area contributed by atoms with Crippen molar-refractivity contribution in [2.24, 2.45) is 11.7 Å². The van der Waals surface area contributed by atoms with Gasteiger partial charge in [0.05, 0.1) is 4.90 Å². The number of carbonyl (C=O) groups excluding carboxylic acids is 1. The van der Waals surface area contributed by atoms with E-state index in [-0.39, 0.29) is 16.9 Å². The van der Waals surface area contributed by atoms with Crippen molar-refractivity contribution < 1.29 is 17.9 Å². The molecule has 0 heterocycles. The van der Waals surface area contributed by atoms with Gasteiger partial charge in [0.1, 0.15) is 18.1 Å². The van der Waals surface area contributed by atoms with Crippen LogP contribution in [-0.4, -0.2) is 26.5 Å². The standard InChI is InChI=1S/C16H14O3S.C11H23NO.C3H8/c1-3-13-5-4-6-14(11-13)12-19-15-7-9-16(10-8-15)20(2,17)18;1-4-6-11(13)9(3)7-8-10(12)5-2;1-3-2/h1,4-11H,12H2,2H3;9-10H,4-8,12H2,1-3H3;3H2,1-2H3/t;9-,10+;/m.1./s1. The lowest BCUT2D eigenvalue weighted by Crippen LogP contribution is -2.21. The highest BCUT2D eigenvalue weighted by Crippen LogP contribution is 2.17. The quantitative estimate of drug-likeness (QED) is 0.342. The first-order valence-electron chi connectivity index (χ1n) is 12.8. The summed E-state index contributed by atoms with van der Waals surface area (Å²) in [5.41, 5.74) is 7.55. The third-order valence-corrected chi connectivity index (χ3v) is 6.42. The molecule has 0 spiro atoms. The maximum atomic E-state index is 11.4. The van der Waals surface area contributed by atoms with Crippen molar-refractivity contribution in [3.63, 3.8) is 0 Å². The SMILES string of the molecule is C#Cc1cccc(COc2ccc(S(C)(=O)=O)cc2)c1.CCC.CCCC(=O)[C@H](C)CC[C@@H](N)CC. The van der Waals surface area contributed by atoms with Crippen molar-refractivity contribution in [2.75, 3.05) is 6.26 Å². The van der Waals surface area contributed by atoms with E-state index >= 15 is 0 Å². The summed E-state index contributed by atoms with van der Waals surface area (Å²) < 4.78 is 28.3. The average molecular weight is 516 g/mol. The first-order valence-corrected chi connectivity index (χ1v) is 14.7. The number of hydrogen-bond donors (Lipinski definition) is 1. The van der Waals surface area contributed by atoms with Crippen LogP contribution in [0.2, 0.25) is 0 Å². The van der Waals surface area contributed by atoms with Crippen molar-refractivity contribution in [3.05, 3.63) is 59.7 Å². The molecule has 2 atom stereocenters. The van der Waals surface area contributed by atoms with Crippen LogP contribution in [0.5, 0.6) is 5.75 Å².